The molecule has 0 aliphatic heterocycles. The molecule has 1 aromatic carbocycles. The molecule has 1 amide bonds. The summed E-state index contributed by atoms with van der Waals surface area (Å²) in [6, 6.07) is 13.5. The van der Waals surface area contributed by atoms with Crippen molar-refractivity contribution in [1.29, 1.82) is 0 Å². The highest BCUT2D eigenvalue weighted by atomic mass is 32.2. The average molecular weight is 440 g/mol. The van der Waals surface area contributed by atoms with Gasteiger partial charge in [-0.25, -0.2) is 4.39 Å². The number of hydrogen-bond donors (Lipinski definition) is 1. The average Bonchev–Trinajstić information content (AvgIpc) is 3.42. The summed E-state index contributed by atoms with van der Waals surface area (Å²) in [5.41, 5.74) is 1.69. The topological polar surface area (TPSA) is 72.7 Å². The van der Waals surface area contributed by atoms with E-state index < -0.39 is 0 Å². The molecule has 0 aliphatic rings. The maximum Gasteiger partial charge on any atom is 0.231 e. The number of aromatic nitrogens is 4. The Bertz CT molecular complexity index is 1110. The van der Waals surface area contributed by atoms with Gasteiger partial charge >= 0.3 is 0 Å². The Morgan fingerprint density at radius 3 is 2.73 bits per heavy atom. The second-order valence-corrected chi connectivity index (χ2v) is 8.38. The van der Waals surface area contributed by atoms with E-state index in [0.29, 0.717) is 11.0 Å². The quantitative estimate of drug-likeness (QED) is 0.440. The van der Waals surface area contributed by atoms with Crippen LogP contribution in [0.5, 0.6) is 0 Å². The van der Waals surface area contributed by atoms with Gasteiger partial charge in [-0.05, 0) is 41.3 Å². The Labute approximate surface area is 181 Å². The Morgan fingerprint density at radius 2 is 2.03 bits per heavy atom. The molecule has 0 saturated heterocycles. The Balaban J connectivity index is 1.45. The molecule has 152 valence electrons. The first-order chi connectivity index (χ1) is 14.6. The van der Waals surface area contributed by atoms with Gasteiger partial charge < -0.3 is 9.88 Å². The van der Waals surface area contributed by atoms with Crippen molar-refractivity contribution in [3.63, 3.8) is 0 Å². The van der Waals surface area contributed by atoms with E-state index in [2.05, 4.69) is 20.5 Å². The zero-order chi connectivity index (χ0) is 20.9. The minimum atomic E-state index is -0.329. The molecule has 0 spiro atoms. The van der Waals surface area contributed by atoms with Crippen molar-refractivity contribution in [1.82, 2.24) is 25.1 Å². The first-order valence-electron chi connectivity index (χ1n) is 9.12. The molecule has 1 N–H and O–H groups in total. The number of amides is 1. The molecule has 0 bridgehead atoms. The van der Waals surface area contributed by atoms with Crippen molar-refractivity contribution >= 4 is 29.0 Å². The predicted octanol–water partition coefficient (Wildman–Crippen LogP) is 4.08. The molecule has 3 heterocycles. The summed E-state index contributed by atoms with van der Waals surface area (Å²) in [7, 11) is 1.86. The summed E-state index contributed by atoms with van der Waals surface area (Å²) in [4.78, 5) is 17.8. The Kier molecular flexibility index (Phi) is 6.20. The highest BCUT2D eigenvalue weighted by Crippen LogP contribution is 2.27. The maximum atomic E-state index is 13.3. The molecule has 4 aromatic rings. The van der Waals surface area contributed by atoms with Crippen LogP contribution in [0.3, 0.4) is 0 Å². The zero-order valence-electron chi connectivity index (χ0n) is 16.0. The van der Waals surface area contributed by atoms with Gasteiger partial charge in [0.2, 0.25) is 5.91 Å². The van der Waals surface area contributed by atoms with Crippen LogP contribution in [0.4, 0.5) is 4.39 Å². The molecular formula is C21H18FN5OS2. The fourth-order valence-electron chi connectivity index (χ4n) is 2.95. The molecule has 0 aliphatic carbocycles. The highest BCUT2D eigenvalue weighted by Gasteiger charge is 2.19. The van der Waals surface area contributed by atoms with E-state index in [1.54, 1.807) is 35.9 Å². The third-order valence-electron chi connectivity index (χ3n) is 4.42. The second kappa shape index (κ2) is 9.19. The second-order valence-electron chi connectivity index (χ2n) is 6.46. The summed E-state index contributed by atoms with van der Waals surface area (Å²) in [5.74, 6) is 0.418. The summed E-state index contributed by atoms with van der Waals surface area (Å²) in [5, 5.41) is 14.0. The molecule has 30 heavy (non-hydrogen) atoms. The number of nitrogens with one attached hydrogen (secondary N) is 1. The maximum absolute atomic E-state index is 13.3. The standard InChI is InChI=1S/C21H18FN5OS2/c1-27-20(15-4-2-10-23-12-15)25-26-21(27)30-13-18(28)24-19(17-5-3-11-29-17)14-6-8-16(22)9-7-14/h2-12,19H,13H2,1H3,(H,24,28)/t19-/m1/s1. The van der Waals surface area contributed by atoms with Crippen LogP contribution >= 0.6 is 23.1 Å². The van der Waals surface area contributed by atoms with E-state index in [9.17, 15) is 9.18 Å². The van der Waals surface area contributed by atoms with Gasteiger partial charge in [0, 0.05) is 29.9 Å². The number of pyridine rings is 1. The number of hydrogen-bond acceptors (Lipinski definition) is 6. The van der Waals surface area contributed by atoms with Crippen molar-refractivity contribution in [2.45, 2.75) is 11.2 Å². The van der Waals surface area contributed by atoms with Crippen LogP contribution in [0.1, 0.15) is 16.5 Å². The minimum Gasteiger partial charge on any atom is -0.344 e. The Hall–Kier alpha value is -3.04. The third kappa shape index (κ3) is 4.58. The van der Waals surface area contributed by atoms with Gasteiger partial charge in [-0.15, -0.1) is 21.5 Å². The van der Waals surface area contributed by atoms with E-state index >= 15 is 0 Å². The van der Waals surface area contributed by atoms with Crippen LogP contribution in [0.25, 0.3) is 11.4 Å². The molecule has 0 unspecified atom stereocenters. The van der Waals surface area contributed by atoms with Gasteiger partial charge in [-0.2, -0.15) is 0 Å². The van der Waals surface area contributed by atoms with E-state index in [0.717, 1.165) is 16.0 Å². The van der Waals surface area contributed by atoms with Crippen molar-refractivity contribution < 1.29 is 9.18 Å². The highest BCUT2D eigenvalue weighted by molar-refractivity contribution is 7.99. The van der Waals surface area contributed by atoms with Gasteiger partial charge in [0.25, 0.3) is 0 Å². The normalized spacial score (nSPS) is 11.9. The minimum absolute atomic E-state index is 0.145. The monoisotopic (exact) mass is 439 g/mol. The molecule has 0 fully saturated rings. The van der Waals surface area contributed by atoms with Crippen molar-refractivity contribution in [3.05, 3.63) is 82.6 Å². The first-order valence-corrected chi connectivity index (χ1v) is 11.0. The number of thiophene rings is 1. The number of halogens is 1. The van der Waals surface area contributed by atoms with Crippen molar-refractivity contribution in [2.24, 2.45) is 7.05 Å². The zero-order valence-corrected chi connectivity index (χ0v) is 17.7. The number of benzene rings is 1. The van der Waals surface area contributed by atoms with Gasteiger partial charge in [-0.1, -0.05) is 30.0 Å². The van der Waals surface area contributed by atoms with E-state index in [1.165, 1.54) is 23.9 Å². The number of carbonyl (C=O) groups excluding carboxylic acids is 1. The lowest BCUT2D eigenvalue weighted by Gasteiger charge is -2.18. The van der Waals surface area contributed by atoms with E-state index in [-0.39, 0.29) is 23.5 Å². The first kappa shape index (κ1) is 20.2. The number of thioether (sulfide) groups is 1. The molecule has 1 atom stereocenters. The van der Waals surface area contributed by atoms with Crippen LogP contribution in [0.2, 0.25) is 0 Å². The molecule has 4 rings (SSSR count). The van der Waals surface area contributed by atoms with Gasteiger partial charge in [0.05, 0.1) is 11.8 Å². The fraction of sp³-hybridized carbons (Fsp3) is 0.143. The van der Waals surface area contributed by atoms with Crippen LogP contribution in [-0.4, -0.2) is 31.4 Å². The molecule has 9 heteroatoms. The fourth-order valence-corrected chi connectivity index (χ4v) is 4.47. The molecule has 0 saturated carbocycles. The molecule has 0 radical (unpaired) electrons. The number of rotatable bonds is 7. The van der Waals surface area contributed by atoms with Crippen molar-refractivity contribution in [3.8, 4) is 11.4 Å². The van der Waals surface area contributed by atoms with Crippen LogP contribution in [0, 0.1) is 5.82 Å². The molecule has 6 nitrogen and oxygen atoms in total. The largest absolute Gasteiger partial charge is 0.344 e. The van der Waals surface area contributed by atoms with Crippen LogP contribution in [0.15, 0.2) is 71.5 Å². The number of nitrogens with zero attached hydrogens (tertiary/aromatic N) is 4. The molecule has 3 aromatic heterocycles. The van der Waals surface area contributed by atoms with Gasteiger partial charge in [-0.3, -0.25) is 9.78 Å². The van der Waals surface area contributed by atoms with Gasteiger partial charge in [0.1, 0.15) is 5.82 Å². The van der Waals surface area contributed by atoms with Gasteiger partial charge in [0.15, 0.2) is 11.0 Å². The lowest BCUT2D eigenvalue weighted by Crippen LogP contribution is -2.30. The number of carbonyl (C=O) groups is 1. The Morgan fingerprint density at radius 1 is 1.20 bits per heavy atom. The summed E-state index contributed by atoms with van der Waals surface area (Å²) in [6.07, 6.45) is 3.42. The lowest BCUT2D eigenvalue weighted by atomic mass is 10.1. The van der Waals surface area contributed by atoms with Crippen molar-refractivity contribution in [2.75, 3.05) is 5.75 Å². The summed E-state index contributed by atoms with van der Waals surface area (Å²) < 4.78 is 15.2. The lowest BCUT2D eigenvalue weighted by molar-refractivity contribution is -0.119. The van der Waals surface area contributed by atoms with Crippen LogP contribution < -0.4 is 5.32 Å². The summed E-state index contributed by atoms with van der Waals surface area (Å²) in [6.45, 7) is 0. The van der Waals surface area contributed by atoms with E-state index in [1.807, 2.05) is 41.3 Å². The smallest absolute Gasteiger partial charge is 0.231 e. The predicted molar refractivity (Wildman–Crippen MR) is 116 cm³/mol. The van der Waals surface area contributed by atoms with Crippen LogP contribution in [-0.2, 0) is 11.8 Å². The molecular weight excluding hydrogens is 421 g/mol. The summed E-state index contributed by atoms with van der Waals surface area (Å²) >= 11 is 2.85. The third-order valence-corrected chi connectivity index (χ3v) is 6.38. The van der Waals surface area contributed by atoms with E-state index in [4.69, 9.17) is 0 Å². The SMILES string of the molecule is Cn1c(SCC(=O)N[C@H](c2ccc(F)cc2)c2cccs2)nnc1-c1cccnc1.